The van der Waals surface area contributed by atoms with Crippen molar-refractivity contribution in [1.29, 1.82) is 0 Å². The van der Waals surface area contributed by atoms with E-state index in [-0.39, 0.29) is 17.5 Å². The van der Waals surface area contributed by atoms with Crippen LogP contribution in [0.5, 0.6) is 0 Å². The molecule has 24 heavy (non-hydrogen) atoms. The number of nitrogens with zero attached hydrogens (tertiary/aromatic N) is 1. The lowest BCUT2D eigenvalue weighted by atomic mass is 10.1. The first kappa shape index (κ1) is 18.1. The minimum absolute atomic E-state index is 0.107. The van der Waals surface area contributed by atoms with Crippen molar-refractivity contribution >= 4 is 15.7 Å². The van der Waals surface area contributed by atoms with Crippen molar-refractivity contribution in [2.75, 3.05) is 12.8 Å². The molecule has 0 aliphatic heterocycles. The number of benzene rings is 2. The Morgan fingerprint density at radius 3 is 2.38 bits per heavy atom. The van der Waals surface area contributed by atoms with Gasteiger partial charge in [-0.25, -0.2) is 12.8 Å². The van der Waals surface area contributed by atoms with Crippen LogP contribution in [-0.2, 0) is 22.1 Å². The third-order valence-electron chi connectivity index (χ3n) is 3.53. The van der Waals surface area contributed by atoms with Crippen molar-refractivity contribution in [1.82, 2.24) is 4.90 Å². The lowest BCUT2D eigenvalue weighted by molar-refractivity contribution is 0.0752. The third kappa shape index (κ3) is 5.16. The summed E-state index contributed by atoms with van der Waals surface area (Å²) in [4.78, 5) is 14.3. The van der Waals surface area contributed by atoms with Gasteiger partial charge >= 0.3 is 0 Å². The summed E-state index contributed by atoms with van der Waals surface area (Å²) in [5, 5.41) is 0. The first-order valence-electron chi connectivity index (χ1n) is 7.59. The summed E-state index contributed by atoms with van der Waals surface area (Å²) in [5.41, 5.74) is 1.71. The quantitative estimate of drug-likeness (QED) is 0.805. The van der Waals surface area contributed by atoms with Gasteiger partial charge in [-0.2, -0.15) is 0 Å². The molecular formula is C18H20FNO3S. The Labute approximate surface area is 141 Å². The standard InChI is InChI=1S/C18H20FNO3S/c1-3-20(12-14-6-5-9-17(19)11-14)18(21)16-8-4-7-15(10-16)13-24(2,22)23/h4-11H,3,12-13H2,1-2H3. The van der Waals surface area contributed by atoms with Crippen LogP contribution >= 0.6 is 0 Å². The summed E-state index contributed by atoms with van der Waals surface area (Å²) in [6.07, 6.45) is 1.16. The molecule has 2 aromatic rings. The van der Waals surface area contributed by atoms with E-state index in [4.69, 9.17) is 0 Å². The fourth-order valence-electron chi connectivity index (χ4n) is 2.46. The van der Waals surface area contributed by atoms with Crippen molar-refractivity contribution in [2.45, 2.75) is 19.2 Å². The molecule has 0 aromatic heterocycles. The lowest BCUT2D eigenvalue weighted by Gasteiger charge is -2.21. The van der Waals surface area contributed by atoms with E-state index in [1.54, 1.807) is 41.3 Å². The molecule has 0 unspecified atom stereocenters. The van der Waals surface area contributed by atoms with Gasteiger partial charge in [-0.3, -0.25) is 4.79 Å². The number of rotatable bonds is 6. The SMILES string of the molecule is CCN(Cc1cccc(F)c1)C(=O)c1cccc(CS(C)(=O)=O)c1. The molecule has 128 valence electrons. The minimum atomic E-state index is -3.17. The fourth-order valence-corrected chi connectivity index (χ4v) is 3.25. The van der Waals surface area contributed by atoms with Gasteiger partial charge in [0.15, 0.2) is 9.84 Å². The topological polar surface area (TPSA) is 54.5 Å². The van der Waals surface area contributed by atoms with Crippen LogP contribution in [0.3, 0.4) is 0 Å². The predicted octanol–water partition coefficient (Wildman–Crippen LogP) is 3.03. The Hall–Kier alpha value is -2.21. The summed E-state index contributed by atoms with van der Waals surface area (Å²) < 4.78 is 36.1. The first-order valence-corrected chi connectivity index (χ1v) is 9.65. The van der Waals surface area contributed by atoms with Crippen molar-refractivity contribution in [2.24, 2.45) is 0 Å². The summed E-state index contributed by atoms with van der Waals surface area (Å²) >= 11 is 0. The maximum Gasteiger partial charge on any atom is 0.254 e. The smallest absolute Gasteiger partial charge is 0.254 e. The van der Waals surface area contributed by atoms with Crippen molar-refractivity contribution in [3.05, 3.63) is 71.0 Å². The van der Waals surface area contributed by atoms with E-state index in [1.807, 2.05) is 6.92 Å². The van der Waals surface area contributed by atoms with Crippen molar-refractivity contribution < 1.29 is 17.6 Å². The molecule has 1 amide bonds. The van der Waals surface area contributed by atoms with Crippen LogP contribution in [0.15, 0.2) is 48.5 Å². The fraction of sp³-hybridized carbons (Fsp3) is 0.278. The summed E-state index contributed by atoms with van der Waals surface area (Å²) in [6.45, 7) is 2.60. The van der Waals surface area contributed by atoms with Gasteiger partial charge in [0, 0.05) is 24.9 Å². The normalized spacial score (nSPS) is 11.3. The summed E-state index contributed by atoms with van der Waals surface area (Å²) in [5.74, 6) is -0.660. The second-order valence-corrected chi connectivity index (χ2v) is 7.86. The van der Waals surface area contributed by atoms with Crippen molar-refractivity contribution in [3.8, 4) is 0 Å². The molecule has 0 aliphatic rings. The van der Waals surface area contributed by atoms with Crippen LogP contribution in [0, 0.1) is 5.82 Å². The number of carbonyl (C=O) groups is 1. The Kier molecular flexibility index (Phi) is 5.72. The molecule has 6 heteroatoms. The van der Waals surface area contributed by atoms with E-state index in [0.29, 0.717) is 29.8 Å². The number of halogens is 1. The van der Waals surface area contributed by atoms with Gasteiger partial charge in [0.1, 0.15) is 5.82 Å². The second-order valence-electron chi connectivity index (χ2n) is 5.72. The van der Waals surface area contributed by atoms with E-state index in [0.717, 1.165) is 6.26 Å². The Morgan fingerprint density at radius 1 is 1.08 bits per heavy atom. The summed E-state index contributed by atoms with van der Waals surface area (Å²) in [7, 11) is -3.17. The molecule has 4 nitrogen and oxygen atoms in total. The first-order chi connectivity index (χ1) is 11.3. The molecule has 0 N–H and O–H groups in total. The van der Waals surface area contributed by atoms with Crippen LogP contribution < -0.4 is 0 Å². The molecule has 0 heterocycles. The highest BCUT2D eigenvalue weighted by molar-refractivity contribution is 7.89. The molecule has 0 atom stereocenters. The maximum absolute atomic E-state index is 13.3. The van der Waals surface area contributed by atoms with E-state index >= 15 is 0 Å². The van der Waals surface area contributed by atoms with Gasteiger partial charge in [-0.1, -0.05) is 24.3 Å². The Bertz CT molecular complexity index is 834. The van der Waals surface area contributed by atoms with Gasteiger partial charge in [-0.05, 0) is 42.3 Å². The average molecular weight is 349 g/mol. The average Bonchev–Trinajstić information content (AvgIpc) is 2.50. The molecule has 0 saturated carbocycles. The molecule has 2 aromatic carbocycles. The van der Waals surface area contributed by atoms with E-state index in [1.165, 1.54) is 12.1 Å². The Morgan fingerprint density at radius 2 is 1.75 bits per heavy atom. The second kappa shape index (κ2) is 7.57. The number of hydrogen-bond acceptors (Lipinski definition) is 3. The molecule has 0 saturated heterocycles. The van der Waals surface area contributed by atoms with Crippen LogP contribution in [-0.4, -0.2) is 32.0 Å². The van der Waals surface area contributed by atoms with Gasteiger partial charge in [0.25, 0.3) is 5.91 Å². The highest BCUT2D eigenvalue weighted by atomic mass is 32.2. The van der Waals surface area contributed by atoms with E-state index < -0.39 is 9.84 Å². The maximum atomic E-state index is 13.3. The number of carbonyl (C=O) groups excluding carboxylic acids is 1. The Balaban J connectivity index is 2.20. The van der Waals surface area contributed by atoms with Crippen LogP contribution in [0.2, 0.25) is 0 Å². The zero-order chi connectivity index (χ0) is 17.7. The number of sulfone groups is 1. The van der Waals surface area contributed by atoms with Crippen LogP contribution in [0.4, 0.5) is 4.39 Å². The highest BCUT2D eigenvalue weighted by Gasteiger charge is 2.16. The van der Waals surface area contributed by atoms with Gasteiger partial charge in [0.05, 0.1) is 5.75 Å². The van der Waals surface area contributed by atoms with Gasteiger partial charge < -0.3 is 4.90 Å². The van der Waals surface area contributed by atoms with Crippen molar-refractivity contribution in [3.63, 3.8) is 0 Å². The lowest BCUT2D eigenvalue weighted by Crippen LogP contribution is -2.30. The predicted molar refractivity (Wildman–Crippen MR) is 91.8 cm³/mol. The molecule has 0 fully saturated rings. The molecule has 0 radical (unpaired) electrons. The number of amides is 1. The minimum Gasteiger partial charge on any atom is -0.335 e. The number of hydrogen-bond donors (Lipinski definition) is 0. The highest BCUT2D eigenvalue weighted by Crippen LogP contribution is 2.14. The molecule has 2 rings (SSSR count). The third-order valence-corrected chi connectivity index (χ3v) is 4.39. The molecule has 0 spiro atoms. The largest absolute Gasteiger partial charge is 0.335 e. The molecule has 0 bridgehead atoms. The zero-order valence-electron chi connectivity index (χ0n) is 13.7. The van der Waals surface area contributed by atoms with E-state index in [2.05, 4.69) is 0 Å². The molecule has 0 aliphatic carbocycles. The van der Waals surface area contributed by atoms with Crippen LogP contribution in [0.1, 0.15) is 28.4 Å². The zero-order valence-corrected chi connectivity index (χ0v) is 14.5. The van der Waals surface area contributed by atoms with Gasteiger partial charge in [0.2, 0.25) is 0 Å². The van der Waals surface area contributed by atoms with Gasteiger partial charge in [-0.15, -0.1) is 0 Å². The van der Waals surface area contributed by atoms with E-state index in [9.17, 15) is 17.6 Å². The summed E-state index contributed by atoms with van der Waals surface area (Å²) in [6, 6.07) is 12.7. The monoisotopic (exact) mass is 349 g/mol. The molecular weight excluding hydrogens is 329 g/mol. The van der Waals surface area contributed by atoms with Crippen LogP contribution in [0.25, 0.3) is 0 Å².